The van der Waals surface area contributed by atoms with Crippen LogP contribution in [0.25, 0.3) is 0 Å². The van der Waals surface area contributed by atoms with E-state index in [1.54, 1.807) is 0 Å². The van der Waals surface area contributed by atoms with Gasteiger partial charge in [0.15, 0.2) is 5.69 Å². The molecule has 1 aromatic rings. The summed E-state index contributed by atoms with van der Waals surface area (Å²) in [6.45, 7) is 1.20. The van der Waals surface area contributed by atoms with Gasteiger partial charge in [0.1, 0.15) is 0 Å². The van der Waals surface area contributed by atoms with Crippen LogP contribution in [-0.4, -0.2) is 52.1 Å². The third-order valence-electron chi connectivity index (χ3n) is 3.22. The van der Waals surface area contributed by atoms with Crippen molar-refractivity contribution in [3.05, 3.63) is 27.9 Å². The highest BCUT2D eigenvalue weighted by atomic mass is 16.6. The molecule has 0 aromatic carbocycles. The highest BCUT2D eigenvalue weighted by Crippen LogP contribution is 2.25. The number of carboxylic acids is 1. The van der Waals surface area contributed by atoms with Crippen molar-refractivity contribution >= 4 is 17.5 Å². The average molecular weight is 280 g/mol. The first-order valence-electron chi connectivity index (χ1n) is 6.32. The lowest BCUT2D eigenvalue weighted by atomic mass is 10.3. The Morgan fingerprint density at radius 1 is 1.60 bits per heavy atom. The van der Waals surface area contributed by atoms with Crippen molar-refractivity contribution < 1.29 is 14.8 Å². The van der Waals surface area contributed by atoms with Gasteiger partial charge in [-0.1, -0.05) is 0 Å². The van der Waals surface area contributed by atoms with Gasteiger partial charge in [0, 0.05) is 25.2 Å². The molecule has 108 valence electrons. The van der Waals surface area contributed by atoms with Crippen LogP contribution in [0, 0.1) is 10.1 Å². The van der Waals surface area contributed by atoms with Gasteiger partial charge in [0.25, 0.3) is 0 Å². The van der Waals surface area contributed by atoms with E-state index >= 15 is 0 Å². The summed E-state index contributed by atoms with van der Waals surface area (Å²) in [5.41, 5.74) is -0.433. The second kappa shape index (κ2) is 5.83. The summed E-state index contributed by atoms with van der Waals surface area (Å²) < 4.78 is 0. The molecule has 0 spiro atoms. The number of rotatable bonds is 7. The zero-order valence-corrected chi connectivity index (χ0v) is 11.1. The molecule has 1 aromatic heterocycles. The average Bonchev–Trinajstić information content (AvgIpc) is 3.22. The summed E-state index contributed by atoms with van der Waals surface area (Å²) in [6, 6.07) is 2.89. The minimum Gasteiger partial charge on any atom is -0.477 e. The molecule has 8 nitrogen and oxygen atoms in total. The summed E-state index contributed by atoms with van der Waals surface area (Å²) >= 11 is 0. The highest BCUT2D eigenvalue weighted by Gasteiger charge is 2.25. The van der Waals surface area contributed by atoms with E-state index in [4.69, 9.17) is 5.11 Å². The number of likely N-dealkylation sites (N-methyl/N-ethyl adjacent to an activating group) is 1. The molecule has 1 heterocycles. The van der Waals surface area contributed by atoms with E-state index in [1.807, 2.05) is 7.05 Å². The Morgan fingerprint density at radius 2 is 2.30 bits per heavy atom. The maximum absolute atomic E-state index is 10.9. The summed E-state index contributed by atoms with van der Waals surface area (Å²) in [5.74, 6) is -1.21. The summed E-state index contributed by atoms with van der Waals surface area (Å²) in [5, 5.41) is 22.6. The fourth-order valence-corrected chi connectivity index (χ4v) is 1.90. The Bertz CT molecular complexity index is 530. The normalized spacial score (nSPS) is 14.3. The van der Waals surface area contributed by atoms with Crippen molar-refractivity contribution in [3.8, 4) is 0 Å². The molecule has 2 rings (SSSR count). The minimum atomic E-state index is -1.21. The largest absolute Gasteiger partial charge is 0.477 e. The van der Waals surface area contributed by atoms with Gasteiger partial charge in [-0.05, 0) is 26.0 Å². The van der Waals surface area contributed by atoms with Crippen LogP contribution in [0.1, 0.15) is 23.3 Å². The number of anilines is 1. The Balaban J connectivity index is 2.04. The molecule has 0 amide bonds. The summed E-state index contributed by atoms with van der Waals surface area (Å²) in [6.07, 6.45) is 2.37. The number of nitrogens with one attached hydrogen (secondary N) is 1. The molecule has 0 saturated heterocycles. The van der Waals surface area contributed by atoms with Crippen molar-refractivity contribution in [3.63, 3.8) is 0 Å². The van der Waals surface area contributed by atoms with Gasteiger partial charge in [-0.15, -0.1) is 0 Å². The van der Waals surface area contributed by atoms with Gasteiger partial charge in [0.05, 0.1) is 4.92 Å². The van der Waals surface area contributed by atoms with E-state index in [-0.39, 0.29) is 17.2 Å². The second-order valence-corrected chi connectivity index (χ2v) is 4.77. The number of hydrogen-bond acceptors (Lipinski definition) is 6. The number of aromatic carboxylic acids is 1. The van der Waals surface area contributed by atoms with Crippen molar-refractivity contribution in [2.24, 2.45) is 0 Å². The van der Waals surface area contributed by atoms with Gasteiger partial charge in [-0.2, -0.15) is 0 Å². The molecule has 8 heteroatoms. The number of aromatic nitrogens is 1. The van der Waals surface area contributed by atoms with Crippen LogP contribution in [0.4, 0.5) is 11.5 Å². The smallest absolute Gasteiger partial charge is 0.354 e. The molecule has 1 aliphatic carbocycles. The molecule has 0 radical (unpaired) electrons. The third-order valence-corrected chi connectivity index (χ3v) is 3.22. The van der Waals surface area contributed by atoms with Gasteiger partial charge in [0.2, 0.25) is 5.82 Å². The van der Waals surface area contributed by atoms with Crippen LogP contribution in [0.5, 0.6) is 0 Å². The molecule has 0 unspecified atom stereocenters. The Kier molecular flexibility index (Phi) is 4.14. The van der Waals surface area contributed by atoms with Crippen molar-refractivity contribution in [1.82, 2.24) is 9.88 Å². The molecular weight excluding hydrogens is 264 g/mol. The lowest BCUT2D eigenvalue weighted by Crippen LogP contribution is -2.27. The molecule has 20 heavy (non-hydrogen) atoms. The zero-order valence-electron chi connectivity index (χ0n) is 11.1. The molecule has 2 N–H and O–H groups in total. The first-order chi connectivity index (χ1) is 9.49. The quantitative estimate of drug-likeness (QED) is 0.570. The molecule has 0 aliphatic heterocycles. The molecule has 1 saturated carbocycles. The molecule has 0 atom stereocenters. The van der Waals surface area contributed by atoms with Crippen LogP contribution in [0.3, 0.4) is 0 Å². The van der Waals surface area contributed by atoms with Gasteiger partial charge >= 0.3 is 11.7 Å². The number of nitro groups is 1. The maximum Gasteiger partial charge on any atom is 0.354 e. The standard InChI is InChI=1S/C12H16N4O4/c1-15(8-2-3-8)7-6-13-11-10(16(19)20)5-4-9(14-11)12(17)18/h4-5,8H,2-3,6-7H2,1H3,(H,13,14)(H,17,18). The molecular formula is C12H16N4O4. The van der Waals surface area contributed by atoms with Gasteiger partial charge in [-0.25, -0.2) is 9.78 Å². The minimum absolute atomic E-state index is 0.000836. The fraction of sp³-hybridized carbons (Fsp3) is 0.500. The first kappa shape index (κ1) is 14.2. The number of nitrogens with zero attached hydrogens (tertiary/aromatic N) is 3. The third kappa shape index (κ3) is 3.41. The van der Waals surface area contributed by atoms with E-state index in [2.05, 4.69) is 15.2 Å². The van der Waals surface area contributed by atoms with Crippen LogP contribution in [0.15, 0.2) is 12.1 Å². The maximum atomic E-state index is 10.9. The number of pyridine rings is 1. The van der Waals surface area contributed by atoms with Crippen molar-refractivity contribution in [1.29, 1.82) is 0 Å². The van der Waals surface area contributed by atoms with Crippen LogP contribution >= 0.6 is 0 Å². The van der Waals surface area contributed by atoms with Crippen LogP contribution in [-0.2, 0) is 0 Å². The summed E-state index contributed by atoms with van der Waals surface area (Å²) in [7, 11) is 1.99. The number of carbonyl (C=O) groups is 1. The first-order valence-corrected chi connectivity index (χ1v) is 6.32. The highest BCUT2D eigenvalue weighted by molar-refractivity contribution is 5.86. The number of hydrogen-bond donors (Lipinski definition) is 2. The van der Waals surface area contributed by atoms with E-state index in [0.29, 0.717) is 12.6 Å². The fourth-order valence-electron chi connectivity index (χ4n) is 1.90. The Labute approximate surface area is 115 Å². The monoisotopic (exact) mass is 280 g/mol. The van der Waals surface area contributed by atoms with Crippen molar-refractivity contribution in [2.45, 2.75) is 18.9 Å². The second-order valence-electron chi connectivity index (χ2n) is 4.77. The van der Waals surface area contributed by atoms with Gasteiger partial charge < -0.3 is 15.3 Å². The van der Waals surface area contributed by atoms with Crippen LogP contribution in [0.2, 0.25) is 0 Å². The zero-order chi connectivity index (χ0) is 14.7. The molecule has 1 aliphatic rings. The van der Waals surface area contributed by atoms with Crippen LogP contribution < -0.4 is 5.32 Å². The topological polar surface area (TPSA) is 109 Å². The Hall–Kier alpha value is -2.22. The predicted octanol–water partition coefficient (Wildman–Crippen LogP) is 1.19. The number of carboxylic acid groups (broad SMARTS) is 1. The summed E-state index contributed by atoms with van der Waals surface area (Å²) in [4.78, 5) is 27.1. The van der Waals surface area contributed by atoms with E-state index in [1.165, 1.54) is 12.8 Å². The lowest BCUT2D eigenvalue weighted by molar-refractivity contribution is -0.384. The SMILES string of the molecule is CN(CCNc1nc(C(=O)O)ccc1[N+](=O)[O-])C1CC1. The van der Waals surface area contributed by atoms with Gasteiger partial charge in [-0.3, -0.25) is 10.1 Å². The Morgan fingerprint density at radius 3 is 2.85 bits per heavy atom. The predicted molar refractivity (Wildman–Crippen MR) is 72.0 cm³/mol. The molecule has 1 fully saturated rings. The van der Waals surface area contributed by atoms with E-state index in [0.717, 1.165) is 18.7 Å². The molecule has 0 bridgehead atoms. The van der Waals surface area contributed by atoms with E-state index < -0.39 is 10.9 Å². The van der Waals surface area contributed by atoms with E-state index in [9.17, 15) is 14.9 Å². The lowest BCUT2D eigenvalue weighted by Gasteiger charge is -2.16. The van der Waals surface area contributed by atoms with Crippen molar-refractivity contribution in [2.75, 3.05) is 25.5 Å².